The molecule has 0 aliphatic carbocycles. The van der Waals surface area contributed by atoms with Crippen molar-refractivity contribution in [2.45, 2.75) is 105 Å². The first-order valence-corrected chi connectivity index (χ1v) is 44.6. The maximum atomic E-state index is 2.68. The fourth-order valence-electron chi connectivity index (χ4n) is 20.1. The molecule has 0 spiro atoms. The lowest BCUT2D eigenvalue weighted by molar-refractivity contribution is 0.590. The molecule has 0 amide bonds. The summed E-state index contributed by atoms with van der Waals surface area (Å²) in [7, 11) is 0. The Morgan fingerprint density at radius 1 is 0.190 bits per heavy atom. The van der Waals surface area contributed by atoms with Crippen molar-refractivity contribution in [3.63, 3.8) is 0 Å². The van der Waals surface area contributed by atoms with E-state index in [0.717, 1.165) is 147 Å². The van der Waals surface area contributed by atoms with E-state index in [0.29, 0.717) is 0 Å². The lowest BCUT2D eigenvalue weighted by Crippen LogP contribution is -2.65. The highest BCUT2D eigenvalue weighted by Gasteiger charge is 2.50. The minimum atomic E-state index is -0.279. The molecule has 0 aromatic heterocycles. The van der Waals surface area contributed by atoms with E-state index in [1.807, 2.05) is 0 Å². The molecular formula is C118H102B2N6. The second-order valence-corrected chi connectivity index (χ2v) is 38.5. The van der Waals surface area contributed by atoms with Gasteiger partial charge in [-0.1, -0.05) is 368 Å². The van der Waals surface area contributed by atoms with Gasteiger partial charge in [0.1, 0.15) is 0 Å². The molecule has 4 aliphatic rings. The first-order chi connectivity index (χ1) is 61.1. The molecule has 126 heavy (non-hydrogen) atoms. The van der Waals surface area contributed by atoms with Crippen LogP contribution in [0.5, 0.6) is 0 Å². The summed E-state index contributed by atoms with van der Waals surface area (Å²) in [4.78, 5) is 15.5. The van der Waals surface area contributed by atoms with E-state index in [-0.39, 0.29) is 35.1 Å². The first kappa shape index (κ1) is 78.9. The van der Waals surface area contributed by atoms with Crippen LogP contribution < -0.4 is 62.2 Å². The molecule has 21 rings (SSSR count). The molecule has 0 N–H and O–H groups in total. The van der Waals surface area contributed by atoms with Crippen LogP contribution in [-0.4, -0.2) is 13.4 Å². The molecule has 8 heteroatoms. The highest BCUT2D eigenvalue weighted by Crippen LogP contribution is 2.56. The lowest BCUT2D eigenvalue weighted by atomic mass is 9.30. The summed E-state index contributed by atoms with van der Waals surface area (Å²) in [6.45, 7) is 27.0. The van der Waals surface area contributed by atoms with Gasteiger partial charge in [-0.2, -0.15) is 0 Å². The van der Waals surface area contributed by atoms with Crippen molar-refractivity contribution < 1.29 is 0 Å². The zero-order chi connectivity index (χ0) is 86.1. The van der Waals surface area contributed by atoms with E-state index >= 15 is 0 Å². The van der Waals surface area contributed by atoms with E-state index in [9.17, 15) is 0 Å². The van der Waals surface area contributed by atoms with Crippen LogP contribution in [0.4, 0.5) is 102 Å². The summed E-state index contributed by atoms with van der Waals surface area (Å²) in [5, 5.41) is 0. The van der Waals surface area contributed by atoms with E-state index in [1.54, 1.807) is 0 Å². The average Bonchev–Trinajstić information content (AvgIpc) is 0.679. The van der Waals surface area contributed by atoms with Gasteiger partial charge in [0.15, 0.2) is 0 Å². The molecular weight excluding hydrogens is 1520 g/mol. The highest BCUT2D eigenvalue weighted by molar-refractivity contribution is 7.03. The van der Waals surface area contributed by atoms with Crippen LogP contribution in [0.25, 0.3) is 44.5 Å². The Bertz CT molecular complexity index is 6580. The molecule has 4 heterocycles. The Labute approximate surface area is 744 Å². The fraction of sp³-hybridized carbons (Fsp3) is 0.136. The van der Waals surface area contributed by atoms with Gasteiger partial charge in [-0.15, -0.1) is 0 Å². The van der Waals surface area contributed by atoms with Crippen molar-refractivity contribution in [1.82, 2.24) is 0 Å². The van der Waals surface area contributed by atoms with Crippen LogP contribution in [0.2, 0.25) is 0 Å². The standard InChI is InChI=1S/C118H102B2N6/c1-115(2,3)83-65-57-79(58-66-83)93-45-25-31-51-101(93)121(87-37-17-13-18-38-87)91-73-109-113-111(75-91)125(103-53-33-27-47-95(103)81-61-69-85(70-62-81)117(7,8)9)105-55-35-29-49-97(105)119(113)99-77-100-108(78-107(99)123(109)89-41-21-15-22-42-89)124(90-43-23-16-24-44-90)110-74-92(122(88-39-19-14-20-40-88)102-52-32-26-46-94(102)80-59-67-84(68-60-80)116(4,5)6)76-112-114(110)120(100)98-50-30-36-56-106(98)126(112)104-54-34-28-48-96(104)82-63-71-86(72-64-82)118(10,11)12/h13-78H,1-12H3. The summed E-state index contributed by atoms with van der Waals surface area (Å²) in [6, 6.07) is 152. The molecule has 17 aromatic carbocycles. The predicted molar refractivity (Wildman–Crippen MR) is 540 cm³/mol. The maximum Gasteiger partial charge on any atom is 0.252 e. The van der Waals surface area contributed by atoms with Gasteiger partial charge in [-0.3, -0.25) is 0 Å². The van der Waals surface area contributed by atoms with Crippen molar-refractivity contribution in [2.24, 2.45) is 0 Å². The molecule has 4 aliphatic heterocycles. The average molecular weight is 1630 g/mol. The van der Waals surface area contributed by atoms with Gasteiger partial charge >= 0.3 is 0 Å². The molecule has 0 radical (unpaired) electrons. The number of nitrogens with zero attached hydrogens (tertiary/aromatic N) is 6. The van der Waals surface area contributed by atoms with Crippen LogP contribution in [0.15, 0.2) is 400 Å². The van der Waals surface area contributed by atoms with Crippen LogP contribution >= 0.6 is 0 Å². The van der Waals surface area contributed by atoms with Crippen LogP contribution in [0.1, 0.15) is 105 Å². The molecule has 6 nitrogen and oxygen atoms in total. The van der Waals surface area contributed by atoms with Crippen molar-refractivity contribution in [3.05, 3.63) is 423 Å². The molecule has 0 unspecified atom stereocenters. The number of rotatable bonds is 14. The van der Waals surface area contributed by atoms with E-state index in [1.165, 1.54) is 55.0 Å². The van der Waals surface area contributed by atoms with E-state index in [4.69, 9.17) is 0 Å². The van der Waals surface area contributed by atoms with Gasteiger partial charge in [0.25, 0.3) is 13.4 Å². The Hall–Kier alpha value is -14.3. The number of anilines is 18. The zero-order valence-corrected chi connectivity index (χ0v) is 73.9. The van der Waals surface area contributed by atoms with Crippen molar-refractivity contribution >= 4 is 149 Å². The second kappa shape index (κ2) is 30.9. The van der Waals surface area contributed by atoms with Gasteiger partial charge in [0.05, 0.1) is 34.1 Å². The molecule has 0 saturated heterocycles. The molecule has 610 valence electrons. The molecule has 0 bridgehead atoms. The Balaban J connectivity index is 0.866. The normalized spacial score (nSPS) is 13.1. The number of para-hydroxylation sites is 10. The maximum absolute atomic E-state index is 2.68. The third-order valence-electron chi connectivity index (χ3n) is 26.4. The van der Waals surface area contributed by atoms with Crippen molar-refractivity contribution in [1.29, 1.82) is 0 Å². The van der Waals surface area contributed by atoms with Gasteiger partial charge in [0, 0.05) is 90.5 Å². The monoisotopic (exact) mass is 1620 g/mol. The highest BCUT2D eigenvalue weighted by atomic mass is 15.2. The quantitative estimate of drug-likeness (QED) is 0.100. The summed E-state index contributed by atoms with van der Waals surface area (Å²) >= 11 is 0. The van der Waals surface area contributed by atoms with Crippen molar-refractivity contribution in [3.8, 4) is 44.5 Å². The lowest BCUT2D eigenvalue weighted by Gasteiger charge is -2.48. The number of hydrogen-bond acceptors (Lipinski definition) is 6. The van der Waals surface area contributed by atoms with Gasteiger partial charge in [-0.05, 0) is 214 Å². The number of fused-ring (bicyclic) bond motifs is 8. The molecule has 0 saturated carbocycles. The smallest absolute Gasteiger partial charge is 0.252 e. The van der Waals surface area contributed by atoms with Crippen molar-refractivity contribution in [2.75, 3.05) is 29.4 Å². The summed E-state index contributed by atoms with van der Waals surface area (Å²) in [6.07, 6.45) is 0. The Kier molecular flexibility index (Phi) is 19.3. The zero-order valence-electron chi connectivity index (χ0n) is 73.9. The summed E-state index contributed by atoms with van der Waals surface area (Å²) < 4.78 is 0. The van der Waals surface area contributed by atoms with Gasteiger partial charge in [0.2, 0.25) is 0 Å². The number of hydrogen-bond donors (Lipinski definition) is 0. The largest absolute Gasteiger partial charge is 0.311 e. The van der Waals surface area contributed by atoms with E-state index < -0.39 is 0 Å². The van der Waals surface area contributed by atoms with Gasteiger partial charge < -0.3 is 29.4 Å². The third kappa shape index (κ3) is 13.7. The Morgan fingerprint density at radius 2 is 0.452 bits per heavy atom. The summed E-state index contributed by atoms with van der Waals surface area (Å²) in [5.74, 6) is 0. The minimum Gasteiger partial charge on any atom is -0.311 e. The topological polar surface area (TPSA) is 19.4 Å². The van der Waals surface area contributed by atoms with Gasteiger partial charge in [-0.25, -0.2) is 0 Å². The Morgan fingerprint density at radius 3 is 0.778 bits per heavy atom. The fourth-order valence-corrected chi connectivity index (χ4v) is 20.1. The van der Waals surface area contributed by atoms with Crippen LogP contribution in [0.3, 0.4) is 0 Å². The SMILES string of the molecule is CC(C)(C)c1ccc(-c2ccccc2N(c2ccccc2)c2cc3c4c(c2)N(c2ccccc2-c2ccc(C(C)(C)C)cc2)c2ccccc2B4c2cc4c(cc2N3c2ccccc2)N(c2ccccc2)c2cc(N(c3ccccc3)c3ccccc3-c3ccc(C(C)(C)C)cc3)cc3c2B4c2ccccc2N3c2ccccc2-c2ccc(C(C)(C)C)cc2)cc1. The minimum absolute atomic E-state index is 0.0229. The number of benzene rings is 17. The van der Waals surface area contributed by atoms with Crippen LogP contribution in [-0.2, 0) is 21.7 Å². The first-order valence-electron chi connectivity index (χ1n) is 44.6. The molecule has 0 atom stereocenters. The summed E-state index contributed by atoms with van der Waals surface area (Å²) in [5.41, 5.74) is 41.0. The molecule has 0 fully saturated rings. The third-order valence-corrected chi connectivity index (χ3v) is 26.4. The predicted octanol–water partition coefficient (Wildman–Crippen LogP) is 28.6. The van der Waals surface area contributed by atoms with Crippen LogP contribution in [0, 0.1) is 0 Å². The van der Waals surface area contributed by atoms with E-state index in [2.05, 4.69) is 513 Å². The second-order valence-electron chi connectivity index (χ2n) is 38.5. The molecule has 17 aromatic rings.